The second-order valence-electron chi connectivity index (χ2n) is 19.8. The summed E-state index contributed by atoms with van der Waals surface area (Å²) >= 11 is 0. The highest BCUT2D eigenvalue weighted by Crippen LogP contribution is 2.41. The van der Waals surface area contributed by atoms with Gasteiger partial charge in [-0.3, -0.25) is 0 Å². The van der Waals surface area contributed by atoms with Gasteiger partial charge < -0.3 is 4.57 Å². The lowest BCUT2D eigenvalue weighted by Gasteiger charge is -2.15. The van der Waals surface area contributed by atoms with Crippen LogP contribution < -0.4 is 0 Å². The van der Waals surface area contributed by atoms with E-state index in [-0.39, 0.29) is 0 Å². The van der Waals surface area contributed by atoms with Gasteiger partial charge in [0.15, 0.2) is 11.6 Å². The number of nitrogens with zero attached hydrogens (tertiary/aromatic N) is 5. The Labute approximate surface area is 459 Å². The second-order valence-corrected chi connectivity index (χ2v) is 19.8. The summed E-state index contributed by atoms with van der Waals surface area (Å²) in [5, 5.41) is 2.39. The largest absolute Gasteiger partial charge is 0.309 e. The van der Waals surface area contributed by atoms with Gasteiger partial charge in [-0.05, 0) is 99.1 Å². The SMILES string of the molecule is c1ccc(-c2ccc3c(c2)c2cc(-c4ccccc4)ccc2n3-c2cc(-c3ccc(-c4cc(-c5ccccc5)nc(-c5ccccc5)n4)cc3)cc(-c3ccc(-c4cc(-c5ccccc5)nc(-c5ccccc5)n4)cc3)c2)cc1. The van der Waals surface area contributed by atoms with Crippen LogP contribution in [0.3, 0.4) is 0 Å². The number of hydrogen-bond acceptors (Lipinski definition) is 4. The second kappa shape index (κ2) is 20.5. The van der Waals surface area contributed by atoms with Gasteiger partial charge in [0.05, 0.1) is 33.8 Å². The van der Waals surface area contributed by atoms with Gasteiger partial charge in [-0.25, -0.2) is 19.9 Å². The zero-order chi connectivity index (χ0) is 52.5. The van der Waals surface area contributed by atoms with Crippen LogP contribution >= 0.6 is 0 Å². The molecule has 0 spiro atoms. The van der Waals surface area contributed by atoms with E-state index in [4.69, 9.17) is 19.9 Å². The predicted molar refractivity (Wildman–Crippen MR) is 326 cm³/mol. The minimum atomic E-state index is 0.690. The van der Waals surface area contributed by atoms with E-state index in [9.17, 15) is 0 Å². The Morgan fingerprint density at radius 2 is 0.456 bits per heavy atom. The summed E-state index contributed by atoms with van der Waals surface area (Å²) in [5.41, 5.74) is 21.9. The molecule has 0 fully saturated rings. The molecule has 0 aliphatic carbocycles. The third-order valence-electron chi connectivity index (χ3n) is 14.8. The van der Waals surface area contributed by atoms with Gasteiger partial charge in [-0.2, -0.15) is 0 Å². The topological polar surface area (TPSA) is 56.5 Å². The van der Waals surface area contributed by atoms with Gasteiger partial charge in [0, 0.05) is 49.8 Å². The van der Waals surface area contributed by atoms with Crippen LogP contribution in [0.15, 0.2) is 297 Å². The molecule has 0 bridgehead atoms. The van der Waals surface area contributed by atoms with Crippen LogP contribution in [0, 0.1) is 0 Å². The summed E-state index contributed by atoms with van der Waals surface area (Å²) in [6.07, 6.45) is 0. The number of rotatable bonds is 11. The predicted octanol–water partition coefficient (Wildman–Crippen LogP) is 19.0. The van der Waals surface area contributed by atoms with Crippen molar-refractivity contribution in [2.45, 2.75) is 0 Å². The first-order valence-corrected chi connectivity index (χ1v) is 26.7. The summed E-state index contributed by atoms with van der Waals surface area (Å²) < 4.78 is 2.44. The van der Waals surface area contributed by atoms with Crippen molar-refractivity contribution in [1.29, 1.82) is 0 Å². The Hall–Kier alpha value is -10.6. The van der Waals surface area contributed by atoms with E-state index in [2.05, 4.69) is 253 Å². The van der Waals surface area contributed by atoms with Gasteiger partial charge in [0.25, 0.3) is 0 Å². The van der Waals surface area contributed by atoms with Crippen LogP contribution in [0.4, 0.5) is 0 Å². The lowest BCUT2D eigenvalue weighted by Crippen LogP contribution is -1.97. The number of fused-ring (bicyclic) bond motifs is 3. The monoisotopic (exact) mass is 1010 g/mol. The van der Waals surface area contributed by atoms with Crippen LogP contribution in [-0.4, -0.2) is 24.5 Å². The van der Waals surface area contributed by atoms with Crippen molar-refractivity contribution in [3.8, 4) is 118 Å². The lowest BCUT2D eigenvalue weighted by molar-refractivity contribution is 1.18. The van der Waals surface area contributed by atoms with Crippen LogP contribution in [-0.2, 0) is 0 Å². The van der Waals surface area contributed by atoms with Gasteiger partial charge in [0.1, 0.15) is 0 Å². The van der Waals surface area contributed by atoms with Crippen LogP contribution in [0.1, 0.15) is 0 Å². The molecule has 3 aromatic heterocycles. The van der Waals surface area contributed by atoms with Crippen LogP contribution in [0.25, 0.3) is 140 Å². The van der Waals surface area contributed by atoms with E-state index in [0.29, 0.717) is 11.6 Å². The van der Waals surface area contributed by atoms with Crippen molar-refractivity contribution in [1.82, 2.24) is 24.5 Å². The maximum absolute atomic E-state index is 5.16. The summed E-state index contributed by atoms with van der Waals surface area (Å²) in [6.45, 7) is 0. The van der Waals surface area contributed by atoms with E-state index < -0.39 is 0 Å². The molecule has 79 heavy (non-hydrogen) atoms. The summed E-state index contributed by atoms with van der Waals surface area (Å²) in [6, 6.07) is 105. The molecule has 0 aliphatic rings. The van der Waals surface area contributed by atoms with Crippen molar-refractivity contribution in [2.75, 3.05) is 0 Å². The Morgan fingerprint density at radius 3 is 0.797 bits per heavy atom. The Morgan fingerprint density at radius 1 is 0.190 bits per heavy atom. The van der Waals surface area contributed by atoms with Crippen molar-refractivity contribution in [2.24, 2.45) is 0 Å². The lowest BCUT2D eigenvalue weighted by atomic mass is 9.95. The average molecular weight is 1010 g/mol. The molecule has 0 amide bonds. The maximum Gasteiger partial charge on any atom is 0.160 e. The van der Waals surface area contributed by atoms with E-state index in [1.54, 1.807) is 0 Å². The Bertz CT molecular complexity index is 4070. The van der Waals surface area contributed by atoms with Crippen molar-refractivity contribution in [3.05, 3.63) is 297 Å². The van der Waals surface area contributed by atoms with E-state index in [1.165, 1.54) is 33.0 Å². The van der Waals surface area contributed by atoms with E-state index >= 15 is 0 Å². The minimum Gasteiger partial charge on any atom is -0.309 e. The normalized spacial score (nSPS) is 11.3. The summed E-state index contributed by atoms with van der Waals surface area (Å²) in [4.78, 5) is 20.4. The first kappa shape index (κ1) is 46.9. The van der Waals surface area contributed by atoms with Gasteiger partial charge >= 0.3 is 0 Å². The zero-order valence-corrected chi connectivity index (χ0v) is 43.0. The summed E-state index contributed by atoms with van der Waals surface area (Å²) in [7, 11) is 0. The highest BCUT2D eigenvalue weighted by Gasteiger charge is 2.19. The first-order chi connectivity index (χ1) is 39.1. The number of hydrogen-bond donors (Lipinski definition) is 0. The van der Waals surface area contributed by atoms with Gasteiger partial charge in [-0.1, -0.05) is 243 Å². The molecule has 11 aromatic carbocycles. The number of aromatic nitrogens is 5. The fourth-order valence-corrected chi connectivity index (χ4v) is 10.8. The molecular formula is C74H49N5. The highest BCUT2D eigenvalue weighted by molar-refractivity contribution is 6.12. The standard InChI is InChI=1S/C74H49N5/c1-7-19-50(20-8-1)60-39-41-71-65(46-60)66-47-61(51-21-9-2-10-22-51)40-42-72(66)79(71)64-44-62(52-31-35-56(36-32-52)69-48-67(54-23-11-3-12-24-54)75-73(77-69)58-27-15-5-16-28-58)43-63(45-64)53-33-37-57(38-34-53)70-49-68(55-25-13-4-14-26-55)76-74(78-70)59-29-17-6-18-30-59/h1-49H. The van der Waals surface area contributed by atoms with Crippen molar-refractivity contribution >= 4 is 21.8 Å². The fourth-order valence-electron chi connectivity index (χ4n) is 10.8. The minimum absolute atomic E-state index is 0.690. The third-order valence-corrected chi connectivity index (χ3v) is 14.8. The number of benzene rings is 11. The van der Waals surface area contributed by atoms with Crippen LogP contribution in [0.2, 0.25) is 0 Å². The molecule has 0 aliphatic heterocycles. The molecular weight excluding hydrogens is 959 g/mol. The van der Waals surface area contributed by atoms with E-state index in [0.717, 1.165) is 95.1 Å². The van der Waals surface area contributed by atoms with Crippen molar-refractivity contribution in [3.63, 3.8) is 0 Å². The quantitative estimate of drug-likeness (QED) is 0.130. The molecule has 5 heteroatoms. The molecule has 0 saturated heterocycles. The molecule has 0 atom stereocenters. The molecule has 5 nitrogen and oxygen atoms in total. The molecule has 14 rings (SSSR count). The molecule has 3 heterocycles. The smallest absolute Gasteiger partial charge is 0.160 e. The molecule has 0 saturated carbocycles. The summed E-state index contributed by atoms with van der Waals surface area (Å²) in [5.74, 6) is 1.38. The molecule has 0 radical (unpaired) electrons. The third kappa shape index (κ3) is 9.36. The average Bonchev–Trinajstić information content (AvgIpc) is 3.89. The van der Waals surface area contributed by atoms with Gasteiger partial charge in [-0.15, -0.1) is 0 Å². The molecule has 14 aromatic rings. The molecule has 370 valence electrons. The van der Waals surface area contributed by atoms with Crippen LogP contribution in [0.5, 0.6) is 0 Å². The fraction of sp³-hybridized carbons (Fsp3) is 0. The van der Waals surface area contributed by atoms with Gasteiger partial charge in [0.2, 0.25) is 0 Å². The zero-order valence-electron chi connectivity index (χ0n) is 43.0. The maximum atomic E-state index is 5.16. The highest BCUT2D eigenvalue weighted by atomic mass is 15.0. The Balaban J connectivity index is 0.924. The molecule has 0 unspecified atom stereocenters. The molecule has 0 N–H and O–H groups in total. The first-order valence-electron chi connectivity index (χ1n) is 26.7. The van der Waals surface area contributed by atoms with Crippen molar-refractivity contribution < 1.29 is 0 Å². The Kier molecular flexibility index (Phi) is 12.2. The van der Waals surface area contributed by atoms with E-state index in [1.807, 2.05) is 48.5 Å².